The van der Waals surface area contributed by atoms with Gasteiger partial charge in [-0.3, -0.25) is 0 Å². The van der Waals surface area contributed by atoms with Gasteiger partial charge < -0.3 is 24.8 Å². The third kappa shape index (κ3) is 8.18. The van der Waals surface area contributed by atoms with E-state index in [1.807, 2.05) is 6.92 Å². The molecule has 0 saturated carbocycles. The monoisotopic (exact) mass is 377 g/mol. The van der Waals surface area contributed by atoms with Crippen LogP contribution in [0.3, 0.4) is 0 Å². The van der Waals surface area contributed by atoms with E-state index < -0.39 is 0 Å². The molecule has 0 aromatic heterocycles. The van der Waals surface area contributed by atoms with Gasteiger partial charge in [0.1, 0.15) is 5.75 Å². The van der Waals surface area contributed by atoms with Crippen LogP contribution < -0.4 is 15.4 Å². The largest absolute Gasteiger partial charge is 0.494 e. The van der Waals surface area contributed by atoms with Crippen molar-refractivity contribution in [2.45, 2.75) is 52.7 Å². The Bertz CT molecular complexity index is 572. The Kier molecular flexibility index (Phi) is 10.0. The number of hydrogen-bond donors (Lipinski definition) is 2. The molecular formula is C21H35N3O3. The number of nitrogens with zero attached hydrogens (tertiary/aromatic N) is 1. The average molecular weight is 378 g/mol. The van der Waals surface area contributed by atoms with Crippen LogP contribution >= 0.6 is 0 Å². The van der Waals surface area contributed by atoms with Gasteiger partial charge in [-0.15, -0.1) is 0 Å². The number of guanidine groups is 1. The minimum absolute atomic E-state index is 0.297. The van der Waals surface area contributed by atoms with Gasteiger partial charge in [0.25, 0.3) is 0 Å². The van der Waals surface area contributed by atoms with Gasteiger partial charge in [-0.1, -0.05) is 12.1 Å². The molecule has 2 rings (SSSR count). The van der Waals surface area contributed by atoms with E-state index in [9.17, 15) is 0 Å². The lowest BCUT2D eigenvalue weighted by atomic mass is 10.1. The summed E-state index contributed by atoms with van der Waals surface area (Å²) in [5, 5.41) is 6.66. The molecule has 1 fully saturated rings. The molecular weight excluding hydrogens is 342 g/mol. The Morgan fingerprint density at radius 3 is 2.93 bits per heavy atom. The Hall–Kier alpha value is -1.79. The van der Waals surface area contributed by atoms with Crippen molar-refractivity contribution in [2.24, 2.45) is 4.99 Å². The van der Waals surface area contributed by atoms with Gasteiger partial charge in [0.15, 0.2) is 5.96 Å². The Labute approximate surface area is 163 Å². The first-order valence-corrected chi connectivity index (χ1v) is 10.2. The highest BCUT2D eigenvalue weighted by molar-refractivity contribution is 5.79. The fraction of sp³-hybridized carbons (Fsp3) is 0.667. The molecule has 27 heavy (non-hydrogen) atoms. The van der Waals surface area contributed by atoms with Gasteiger partial charge in [-0.2, -0.15) is 0 Å². The van der Waals surface area contributed by atoms with Crippen molar-refractivity contribution in [1.29, 1.82) is 0 Å². The van der Waals surface area contributed by atoms with Gasteiger partial charge in [0.2, 0.25) is 0 Å². The summed E-state index contributed by atoms with van der Waals surface area (Å²) in [7, 11) is 0. The molecule has 1 aromatic carbocycles. The lowest BCUT2D eigenvalue weighted by Crippen LogP contribution is -2.38. The zero-order valence-electron chi connectivity index (χ0n) is 17.1. The van der Waals surface area contributed by atoms with Crippen molar-refractivity contribution in [2.75, 3.05) is 39.5 Å². The second-order valence-electron chi connectivity index (χ2n) is 6.73. The van der Waals surface area contributed by atoms with Crippen LogP contribution in [0.4, 0.5) is 0 Å². The number of hydrogen-bond acceptors (Lipinski definition) is 4. The summed E-state index contributed by atoms with van der Waals surface area (Å²) in [5.74, 6) is 1.74. The van der Waals surface area contributed by atoms with E-state index in [2.05, 4.69) is 42.7 Å². The van der Waals surface area contributed by atoms with Crippen LogP contribution in [0.25, 0.3) is 0 Å². The second kappa shape index (κ2) is 12.6. The predicted octanol–water partition coefficient (Wildman–Crippen LogP) is 3.03. The number of aliphatic imine (C=N–C) groups is 1. The maximum Gasteiger partial charge on any atom is 0.191 e. The van der Waals surface area contributed by atoms with Crippen molar-refractivity contribution in [3.05, 3.63) is 29.3 Å². The number of rotatable bonds is 11. The Balaban J connectivity index is 1.74. The van der Waals surface area contributed by atoms with E-state index in [0.717, 1.165) is 62.8 Å². The molecule has 0 bridgehead atoms. The van der Waals surface area contributed by atoms with E-state index in [1.54, 1.807) is 0 Å². The van der Waals surface area contributed by atoms with Crippen LogP contribution in [0.1, 0.15) is 44.2 Å². The van der Waals surface area contributed by atoms with Crippen molar-refractivity contribution in [3.8, 4) is 5.75 Å². The van der Waals surface area contributed by atoms with Crippen molar-refractivity contribution >= 4 is 5.96 Å². The molecule has 1 aliphatic heterocycles. The van der Waals surface area contributed by atoms with Gasteiger partial charge >= 0.3 is 0 Å². The summed E-state index contributed by atoms with van der Waals surface area (Å²) in [6, 6.07) is 6.26. The van der Waals surface area contributed by atoms with Crippen molar-refractivity contribution in [3.63, 3.8) is 0 Å². The molecule has 1 saturated heterocycles. The van der Waals surface area contributed by atoms with E-state index >= 15 is 0 Å². The van der Waals surface area contributed by atoms with Gasteiger partial charge in [0, 0.05) is 31.9 Å². The van der Waals surface area contributed by atoms with Crippen LogP contribution in [-0.2, 0) is 16.0 Å². The predicted molar refractivity (Wildman–Crippen MR) is 110 cm³/mol. The molecule has 2 N–H and O–H groups in total. The molecule has 0 spiro atoms. The smallest absolute Gasteiger partial charge is 0.191 e. The van der Waals surface area contributed by atoms with Gasteiger partial charge in [-0.25, -0.2) is 4.99 Å². The highest BCUT2D eigenvalue weighted by Gasteiger charge is 2.14. The first kappa shape index (κ1) is 21.5. The first-order valence-electron chi connectivity index (χ1n) is 10.2. The summed E-state index contributed by atoms with van der Waals surface area (Å²) in [5.41, 5.74) is 2.29. The van der Waals surface area contributed by atoms with Crippen molar-refractivity contribution in [1.82, 2.24) is 10.6 Å². The molecule has 1 aliphatic rings. The molecule has 0 amide bonds. The summed E-state index contributed by atoms with van der Waals surface area (Å²) >= 11 is 0. The molecule has 1 aromatic rings. The SMILES string of the molecule is CCNC(=NCc1ccc(C)cc1OCC)NCCCOCC1CCCO1. The quantitative estimate of drug-likeness (QED) is 0.353. The lowest BCUT2D eigenvalue weighted by Gasteiger charge is -2.14. The normalized spacial score (nSPS) is 17.1. The summed E-state index contributed by atoms with van der Waals surface area (Å²) in [4.78, 5) is 4.69. The van der Waals surface area contributed by atoms with Crippen LogP contribution in [0.15, 0.2) is 23.2 Å². The standard InChI is InChI=1S/C21H35N3O3/c1-4-22-21(23-11-7-12-25-16-19-8-6-13-27-19)24-15-18-10-9-17(3)14-20(18)26-5-2/h9-10,14,19H,4-8,11-13,15-16H2,1-3H3,(H2,22,23,24). The maximum atomic E-state index is 5.74. The summed E-state index contributed by atoms with van der Waals surface area (Å²) in [6.07, 6.45) is 3.51. The first-order chi connectivity index (χ1) is 13.2. The Morgan fingerprint density at radius 2 is 2.19 bits per heavy atom. The molecule has 1 heterocycles. The number of ether oxygens (including phenoxy) is 3. The van der Waals surface area contributed by atoms with Gasteiger partial charge in [0.05, 0.1) is 25.9 Å². The maximum absolute atomic E-state index is 5.74. The van der Waals surface area contributed by atoms with E-state index in [4.69, 9.17) is 19.2 Å². The fourth-order valence-electron chi connectivity index (χ4n) is 2.96. The molecule has 152 valence electrons. The van der Waals surface area contributed by atoms with Crippen LogP contribution in [0, 0.1) is 6.92 Å². The molecule has 6 heteroatoms. The third-order valence-corrected chi connectivity index (χ3v) is 4.36. The molecule has 1 unspecified atom stereocenters. The minimum Gasteiger partial charge on any atom is -0.494 e. The van der Waals surface area contributed by atoms with Crippen LogP contribution in [-0.4, -0.2) is 51.6 Å². The van der Waals surface area contributed by atoms with Gasteiger partial charge in [-0.05, 0) is 51.7 Å². The van der Waals surface area contributed by atoms with Crippen molar-refractivity contribution < 1.29 is 14.2 Å². The summed E-state index contributed by atoms with van der Waals surface area (Å²) < 4.78 is 17.0. The number of benzene rings is 1. The van der Waals surface area contributed by atoms with E-state index in [-0.39, 0.29) is 0 Å². The van der Waals surface area contributed by atoms with Crippen LogP contribution in [0.5, 0.6) is 5.75 Å². The topological polar surface area (TPSA) is 64.1 Å². The van der Waals surface area contributed by atoms with Crippen LogP contribution in [0.2, 0.25) is 0 Å². The molecule has 0 aliphatic carbocycles. The number of nitrogens with one attached hydrogen (secondary N) is 2. The fourth-order valence-corrected chi connectivity index (χ4v) is 2.96. The van der Waals surface area contributed by atoms with E-state index in [1.165, 1.54) is 5.56 Å². The highest BCUT2D eigenvalue weighted by Crippen LogP contribution is 2.21. The molecule has 0 radical (unpaired) electrons. The number of aryl methyl sites for hydroxylation is 1. The molecule has 1 atom stereocenters. The lowest BCUT2D eigenvalue weighted by molar-refractivity contribution is 0.0168. The third-order valence-electron chi connectivity index (χ3n) is 4.36. The summed E-state index contributed by atoms with van der Waals surface area (Å²) in [6.45, 7) is 11.4. The second-order valence-corrected chi connectivity index (χ2v) is 6.73. The highest BCUT2D eigenvalue weighted by atomic mass is 16.5. The van der Waals surface area contributed by atoms with E-state index in [0.29, 0.717) is 25.9 Å². The average Bonchev–Trinajstić information content (AvgIpc) is 3.17. The zero-order valence-corrected chi connectivity index (χ0v) is 17.1. The minimum atomic E-state index is 0.297. The molecule has 6 nitrogen and oxygen atoms in total. The Morgan fingerprint density at radius 1 is 1.30 bits per heavy atom. The zero-order chi connectivity index (χ0) is 19.3.